The third-order valence-corrected chi connectivity index (χ3v) is 6.20. The number of nitrogens with two attached hydrogens (primary N) is 1. The number of H-pyrrole nitrogens is 1. The molecule has 0 aliphatic heterocycles. The summed E-state index contributed by atoms with van der Waals surface area (Å²) >= 11 is 1.28. The molecule has 10 heteroatoms. The number of hydrogen-bond acceptors (Lipinski definition) is 6. The van der Waals surface area contributed by atoms with Crippen LogP contribution in [-0.2, 0) is 11.3 Å². The molecule has 0 aliphatic carbocycles. The Balaban J connectivity index is 1.66. The minimum absolute atomic E-state index is 0.0113. The lowest BCUT2D eigenvalue weighted by molar-refractivity contribution is -0.116. The molecular weight excluding hydrogens is 452 g/mol. The largest absolute Gasteiger partial charge is 0.383 e. The van der Waals surface area contributed by atoms with Gasteiger partial charge >= 0.3 is 5.69 Å². The first-order chi connectivity index (χ1) is 16.3. The lowest BCUT2D eigenvalue weighted by atomic mass is 10.2. The Morgan fingerprint density at radius 1 is 1.15 bits per heavy atom. The van der Waals surface area contributed by atoms with Crippen molar-refractivity contribution < 1.29 is 4.79 Å². The van der Waals surface area contributed by atoms with Gasteiger partial charge in [0.1, 0.15) is 5.82 Å². The smallest absolute Gasteiger partial charge is 0.330 e. The predicted molar refractivity (Wildman–Crippen MR) is 134 cm³/mol. The number of benzene rings is 1. The van der Waals surface area contributed by atoms with Gasteiger partial charge in [0.2, 0.25) is 5.91 Å². The number of fused-ring (bicyclic) bond motifs is 1. The molecule has 3 aromatic heterocycles. The average molecular weight is 479 g/mol. The van der Waals surface area contributed by atoms with Crippen LogP contribution in [0, 0.1) is 5.92 Å². The molecule has 0 saturated carbocycles. The molecular formula is C24H26N6O3S. The second kappa shape index (κ2) is 10.0. The summed E-state index contributed by atoms with van der Waals surface area (Å²) < 4.78 is 3.17. The van der Waals surface area contributed by atoms with Crippen molar-refractivity contribution in [2.45, 2.75) is 25.5 Å². The van der Waals surface area contributed by atoms with Crippen LogP contribution in [0.5, 0.6) is 0 Å². The van der Waals surface area contributed by atoms with Gasteiger partial charge in [-0.15, -0.1) is 0 Å². The summed E-state index contributed by atoms with van der Waals surface area (Å²) in [7, 11) is 0. The second-order valence-corrected chi connectivity index (χ2v) is 9.23. The summed E-state index contributed by atoms with van der Waals surface area (Å²) in [6.45, 7) is 4.34. The number of pyridine rings is 1. The highest BCUT2D eigenvalue weighted by atomic mass is 32.2. The fourth-order valence-corrected chi connectivity index (χ4v) is 4.52. The molecule has 176 valence electrons. The second-order valence-electron chi connectivity index (χ2n) is 8.29. The molecule has 0 radical (unpaired) electrons. The van der Waals surface area contributed by atoms with E-state index in [-0.39, 0.29) is 42.2 Å². The fraction of sp³-hybridized carbons (Fsp3) is 0.250. The Morgan fingerprint density at radius 2 is 1.88 bits per heavy atom. The van der Waals surface area contributed by atoms with Gasteiger partial charge in [0.15, 0.2) is 10.8 Å². The van der Waals surface area contributed by atoms with Gasteiger partial charge in [-0.1, -0.05) is 62.0 Å². The summed E-state index contributed by atoms with van der Waals surface area (Å²) in [5.74, 6) is -0.219. The van der Waals surface area contributed by atoms with Crippen LogP contribution in [0.3, 0.4) is 0 Å². The van der Waals surface area contributed by atoms with E-state index in [1.54, 1.807) is 6.20 Å². The van der Waals surface area contributed by atoms with Crippen LogP contribution in [0.4, 0.5) is 11.5 Å². The first kappa shape index (κ1) is 23.4. The number of aromatic nitrogens is 4. The Morgan fingerprint density at radius 3 is 2.62 bits per heavy atom. The molecule has 4 rings (SSSR count). The van der Waals surface area contributed by atoms with E-state index in [2.05, 4.69) is 9.97 Å². The Kier molecular flexibility index (Phi) is 6.87. The number of imidazole rings is 1. The maximum Gasteiger partial charge on any atom is 0.330 e. The van der Waals surface area contributed by atoms with Gasteiger partial charge in [0.05, 0.1) is 24.0 Å². The molecule has 1 aromatic carbocycles. The van der Waals surface area contributed by atoms with Gasteiger partial charge in [0, 0.05) is 12.7 Å². The zero-order valence-corrected chi connectivity index (χ0v) is 19.8. The third kappa shape index (κ3) is 4.91. The van der Waals surface area contributed by atoms with Crippen LogP contribution in [0.25, 0.3) is 5.52 Å². The molecule has 9 nitrogen and oxygen atoms in total. The summed E-state index contributed by atoms with van der Waals surface area (Å²) in [4.78, 5) is 46.8. The van der Waals surface area contributed by atoms with Gasteiger partial charge in [-0.05, 0) is 23.6 Å². The summed E-state index contributed by atoms with van der Waals surface area (Å²) in [6, 6.07) is 15.0. The Labute approximate surface area is 200 Å². The van der Waals surface area contributed by atoms with E-state index >= 15 is 0 Å². The van der Waals surface area contributed by atoms with Crippen LogP contribution < -0.4 is 21.9 Å². The maximum absolute atomic E-state index is 13.3. The van der Waals surface area contributed by atoms with E-state index in [9.17, 15) is 14.4 Å². The molecule has 0 spiro atoms. The van der Waals surface area contributed by atoms with Gasteiger partial charge in [-0.3, -0.25) is 23.5 Å². The van der Waals surface area contributed by atoms with Crippen molar-refractivity contribution in [1.82, 2.24) is 18.9 Å². The number of hydrogen-bond donors (Lipinski definition) is 2. The molecule has 4 aromatic rings. The normalized spacial score (nSPS) is 11.3. The molecule has 34 heavy (non-hydrogen) atoms. The number of carbonyl (C=O) groups excluding carboxylic acids is 1. The topological polar surface area (TPSA) is 118 Å². The van der Waals surface area contributed by atoms with E-state index in [1.807, 2.05) is 73.0 Å². The number of nitrogen functional groups attached to an aromatic ring is 1. The number of aromatic amines is 1. The van der Waals surface area contributed by atoms with E-state index < -0.39 is 11.2 Å². The number of rotatable bonds is 8. The highest BCUT2D eigenvalue weighted by molar-refractivity contribution is 7.99. The monoisotopic (exact) mass is 478 g/mol. The molecule has 3 N–H and O–H groups in total. The van der Waals surface area contributed by atoms with Gasteiger partial charge in [0.25, 0.3) is 5.56 Å². The first-order valence-corrected chi connectivity index (χ1v) is 11.9. The minimum Gasteiger partial charge on any atom is -0.383 e. The van der Waals surface area contributed by atoms with Crippen LogP contribution in [-0.4, -0.2) is 37.1 Å². The molecule has 3 heterocycles. The summed E-state index contributed by atoms with van der Waals surface area (Å²) in [6.07, 6.45) is 3.62. The van der Waals surface area contributed by atoms with Gasteiger partial charge < -0.3 is 10.6 Å². The first-order valence-electron chi connectivity index (χ1n) is 10.9. The Bertz CT molecular complexity index is 1420. The summed E-state index contributed by atoms with van der Waals surface area (Å²) in [5, 5.41) is 0.671. The minimum atomic E-state index is -0.683. The molecule has 0 aliphatic rings. The van der Waals surface area contributed by atoms with Gasteiger partial charge in [-0.25, -0.2) is 9.78 Å². The highest BCUT2D eigenvalue weighted by Crippen LogP contribution is 2.23. The zero-order valence-electron chi connectivity index (χ0n) is 19.0. The molecule has 0 fully saturated rings. The van der Waals surface area contributed by atoms with Crippen molar-refractivity contribution >= 4 is 34.7 Å². The predicted octanol–water partition coefficient (Wildman–Crippen LogP) is 2.60. The van der Waals surface area contributed by atoms with Crippen molar-refractivity contribution in [2.75, 3.05) is 22.9 Å². The fourth-order valence-electron chi connectivity index (χ4n) is 3.67. The molecule has 0 bridgehead atoms. The van der Waals surface area contributed by atoms with Crippen LogP contribution in [0.1, 0.15) is 19.4 Å². The van der Waals surface area contributed by atoms with E-state index in [0.717, 1.165) is 11.1 Å². The zero-order chi connectivity index (χ0) is 24.2. The maximum atomic E-state index is 13.3. The van der Waals surface area contributed by atoms with Crippen molar-refractivity contribution in [3.05, 3.63) is 87.3 Å². The van der Waals surface area contributed by atoms with Crippen LogP contribution in [0.15, 0.2) is 75.7 Å². The number of nitrogens with one attached hydrogen (secondary N) is 1. The summed E-state index contributed by atoms with van der Waals surface area (Å²) in [5.41, 5.74) is 6.79. The van der Waals surface area contributed by atoms with Crippen molar-refractivity contribution in [3.8, 4) is 0 Å². The van der Waals surface area contributed by atoms with Crippen molar-refractivity contribution in [3.63, 3.8) is 0 Å². The Hall–Kier alpha value is -3.79. The van der Waals surface area contributed by atoms with E-state index in [0.29, 0.717) is 5.16 Å². The standard InChI is InChI=1S/C24H26N6O3S/c1-16(2)13-29(19(31)15-34-24-26-12-18-10-6-7-11-28(18)24)20-21(25)30(23(33)27-22(20)32)14-17-8-4-3-5-9-17/h3-12,16H,13-15,25H2,1-2H3,(H,27,32,33). The van der Waals surface area contributed by atoms with Crippen LogP contribution >= 0.6 is 11.8 Å². The lowest BCUT2D eigenvalue weighted by Crippen LogP contribution is -2.43. The molecule has 0 atom stereocenters. The van der Waals surface area contributed by atoms with E-state index in [1.165, 1.54) is 21.2 Å². The quantitative estimate of drug-likeness (QED) is 0.376. The lowest BCUT2D eigenvalue weighted by Gasteiger charge is -2.26. The van der Waals surface area contributed by atoms with Crippen molar-refractivity contribution in [2.24, 2.45) is 5.92 Å². The number of amides is 1. The number of thioether (sulfide) groups is 1. The number of anilines is 2. The molecule has 0 unspecified atom stereocenters. The molecule has 0 saturated heterocycles. The average Bonchev–Trinajstić information content (AvgIpc) is 3.23. The van der Waals surface area contributed by atoms with Crippen LogP contribution in [0.2, 0.25) is 0 Å². The highest BCUT2D eigenvalue weighted by Gasteiger charge is 2.25. The number of nitrogens with zero attached hydrogens (tertiary/aromatic N) is 4. The third-order valence-electron chi connectivity index (χ3n) is 5.25. The van der Waals surface area contributed by atoms with Gasteiger partial charge in [-0.2, -0.15) is 0 Å². The van der Waals surface area contributed by atoms with Crippen molar-refractivity contribution in [1.29, 1.82) is 0 Å². The SMILES string of the molecule is CC(C)CN(C(=O)CSc1ncc2ccccn12)c1c(N)n(Cc2ccccc2)c(=O)[nH]c1=O. The molecule has 1 amide bonds. The van der Waals surface area contributed by atoms with E-state index in [4.69, 9.17) is 5.73 Å². The number of carbonyl (C=O) groups is 1.